The smallest absolute Gasteiger partial charge is 0.157 e. The van der Waals surface area contributed by atoms with E-state index in [0.29, 0.717) is 32.1 Å². The fourth-order valence-corrected chi connectivity index (χ4v) is 2.41. The fourth-order valence-electron chi connectivity index (χ4n) is 2.41. The highest BCUT2D eigenvalue weighted by molar-refractivity contribution is 5.12. The van der Waals surface area contributed by atoms with E-state index in [1.807, 2.05) is 31.2 Å². The summed E-state index contributed by atoms with van der Waals surface area (Å²) in [5.74, 6) is 0. The summed E-state index contributed by atoms with van der Waals surface area (Å²) in [6.07, 6.45) is 11.9. The van der Waals surface area contributed by atoms with E-state index in [2.05, 4.69) is 0 Å². The van der Waals surface area contributed by atoms with Crippen LogP contribution in [0.2, 0.25) is 0 Å². The standard InChI is InChI=1S/C18H30O5/c1-2-14(19)10-11-15(20)8-6-4-3-5-7-9-17-12-16(21)13-18(22)23-17/h3-8,14-22H,2,9-13H2,1H3/t14?,15?,16-,17-,18-/m1/s1. The third-order valence-electron chi connectivity index (χ3n) is 3.83. The van der Waals surface area contributed by atoms with Gasteiger partial charge in [-0.1, -0.05) is 43.4 Å². The highest BCUT2D eigenvalue weighted by Crippen LogP contribution is 2.20. The first-order valence-electron chi connectivity index (χ1n) is 8.39. The van der Waals surface area contributed by atoms with Gasteiger partial charge in [-0.05, 0) is 25.7 Å². The first-order chi connectivity index (χ1) is 11.0. The topological polar surface area (TPSA) is 90.2 Å². The van der Waals surface area contributed by atoms with Gasteiger partial charge in [0, 0.05) is 12.8 Å². The van der Waals surface area contributed by atoms with Crippen molar-refractivity contribution >= 4 is 0 Å². The van der Waals surface area contributed by atoms with Gasteiger partial charge in [-0.15, -0.1) is 0 Å². The zero-order valence-electron chi connectivity index (χ0n) is 13.8. The molecule has 0 aliphatic carbocycles. The number of rotatable bonds is 9. The quantitative estimate of drug-likeness (QED) is 0.485. The Morgan fingerprint density at radius 3 is 2.48 bits per heavy atom. The first kappa shape index (κ1) is 20.1. The number of allylic oxidation sites excluding steroid dienone is 4. The summed E-state index contributed by atoms with van der Waals surface area (Å²) in [5, 5.41) is 38.1. The van der Waals surface area contributed by atoms with Crippen LogP contribution in [0.4, 0.5) is 0 Å². The summed E-state index contributed by atoms with van der Waals surface area (Å²) in [6, 6.07) is 0. The summed E-state index contributed by atoms with van der Waals surface area (Å²) in [6.45, 7) is 1.92. The van der Waals surface area contributed by atoms with Crippen LogP contribution in [0.1, 0.15) is 45.4 Å². The molecule has 1 aliphatic heterocycles. The molecule has 0 spiro atoms. The van der Waals surface area contributed by atoms with Gasteiger partial charge in [-0.2, -0.15) is 0 Å². The molecule has 0 bridgehead atoms. The average molecular weight is 326 g/mol. The summed E-state index contributed by atoms with van der Waals surface area (Å²) in [4.78, 5) is 0. The van der Waals surface area contributed by atoms with E-state index in [-0.39, 0.29) is 18.6 Å². The lowest BCUT2D eigenvalue weighted by Gasteiger charge is -2.29. The van der Waals surface area contributed by atoms with E-state index >= 15 is 0 Å². The van der Waals surface area contributed by atoms with E-state index in [4.69, 9.17) is 4.74 Å². The highest BCUT2D eigenvalue weighted by Gasteiger charge is 2.25. The van der Waals surface area contributed by atoms with Gasteiger partial charge < -0.3 is 25.2 Å². The molecule has 0 radical (unpaired) electrons. The van der Waals surface area contributed by atoms with Crippen LogP contribution < -0.4 is 0 Å². The van der Waals surface area contributed by atoms with Crippen molar-refractivity contribution in [2.45, 2.75) is 76.2 Å². The largest absolute Gasteiger partial charge is 0.393 e. The minimum absolute atomic E-state index is 0.152. The Hall–Kier alpha value is -0.980. The van der Waals surface area contributed by atoms with Crippen molar-refractivity contribution in [3.63, 3.8) is 0 Å². The molecule has 4 N–H and O–H groups in total. The second kappa shape index (κ2) is 11.5. The number of ether oxygens (including phenoxy) is 1. The third-order valence-corrected chi connectivity index (χ3v) is 3.83. The van der Waals surface area contributed by atoms with E-state index in [0.717, 1.165) is 0 Å². The minimum atomic E-state index is -0.872. The normalized spacial score (nSPS) is 28.8. The van der Waals surface area contributed by atoms with Crippen molar-refractivity contribution in [1.29, 1.82) is 0 Å². The Kier molecular flexibility index (Phi) is 10.1. The SMILES string of the molecule is CCC(O)CCC(O)C=CC=CC=CC[C@@H]1C[C@@H](O)C[C@H](O)O1. The molecule has 0 amide bonds. The molecular formula is C18H30O5. The van der Waals surface area contributed by atoms with Crippen molar-refractivity contribution < 1.29 is 25.2 Å². The Morgan fingerprint density at radius 1 is 1.04 bits per heavy atom. The molecule has 5 nitrogen and oxygen atoms in total. The molecule has 2 unspecified atom stereocenters. The van der Waals surface area contributed by atoms with Crippen LogP contribution in [0.15, 0.2) is 36.5 Å². The molecule has 0 aromatic carbocycles. The van der Waals surface area contributed by atoms with Gasteiger partial charge in [0.25, 0.3) is 0 Å². The first-order valence-corrected chi connectivity index (χ1v) is 8.39. The monoisotopic (exact) mass is 326 g/mol. The molecular weight excluding hydrogens is 296 g/mol. The zero-order chi connectivity index (χ0) is 17.1. The molecule has 5 heteroatoms. The highest BCUT2D eigenvalue weighted by atomic mass is 16.6. The molecule has 1 heterocycles. The van der Waals surface area contributed by atoms with E-state index in [1.54, 1.807) is 12.2 Å². The number of aliphatic hydroxyl groups excluding tert-OH is 4. The van der Waals surface area contributed by atoms with E-state index in [9.17, 15) is 20.4 Å². The molecule has 0 aromatic rings. The van der Waals surface area contributed by atoms with Crippen LogP contribution in [-0.2, 0) is 4.74 Å². The van der Waals surface area contributed by atoms with Gasteiger partial charge in [0.15, 0.2) is 6.29 Å². The van der Waals surface area contributed by atoms with Crippen molar-refractivity contribution in [3.8, 4) is 0 Å². The second-order valence-corrected chi connectivity index (χ2v) is 5.98. The summed E-state index contributed by atoms with van der Waals surface area (Å²) >= 11 is 0. The molecule has 23 heavy (non-hydrogen) atoms. The van der Waals surface area contributed by atoms with Gasteiger partial charge in [-0.3, -0.25) is 0 Å². The maximum Gasteiger partial charge on any atom is 0.157 e. The van der Waals surface area contributed by atoms with Crippen molar-refractivity contribution in [2.75, 3.05) is 0 Å². The summed E-state index contributed by atoms with van der Waals surface area (Å²) in [5.41, 5.74) is 0. The van der Waals surface area contributed by atoms with Crippen LogP contribution >= 0.6 is 0 Å². The molecule has 0 aromatic heterocycles. The second-order valence-electron chi connectivity index (χ2n) is 5.98. The number of hydrogen-bond donors (Lipinski definition) is 4. The molecule has 1 aliphatic rings. The van der Waals surface area contributed by atoms with Gasteiger partial charge in [0.05, 0.1) is 24.4 Å². The summed E-state index contributed by atoms with van der Waals surface area (Å²) < 4.78 is 5.32. The molecule has 1 rings (SSSR count). The molecule has 0 saturated carbocycles. The maximum atomic E-state index is 9.70. The van der Waals surface area contributed by atoms with Crippen LogP contribution in [0.3, 0.4) is 0 Å². The van der Waals surface area contributed by atoms with Gasteiger partial charge in [-0.25, -0.2) is 0 Å². The number of hydrogen-bond acceptors (Lipinski definition) is 5. The predicted molar refractivity (Wildman–Crippen MR) is 89.7 cm³/mol. The average Bonchev–Trinajstić information content (AvgIpc) is 2.50. The fraction of sp³-hybridized carbons (Fsp3) is 0.667. The number of aliphatic hydroxyl groups is 4. The van der Waals surface area contributed by atoms with Crippen LogP contribution in [-0.4, -0.2) is 51.1 Å². The Morgan fingerprint density at radius 2 is 1.78 bits per heavy atom. The van der Waals surface area contributed by atoms with E-state index in [1.165, 1.54) is 0 Å². The lowest BCUT2D eigenvalue weighted by Crippen LogP contribution is -2.35. The zero-order valence-corrected chi connectivity index (χ0v) is 13.8. The van der Waals surface area contributed by atoms with Crippen molar-refractivity contribution in [3.05, 3.63) is 36.5 Å². The van der Waals surface area contributed by atoms with Crippen molar-refractivity contribution in [2.24, 2.45) is 0 Å². The van der Waals surface area contributed by atoms with Crippen molar-refractivity contribution in [1.82, 2.24) is 0 Å². The predicted octanol–water partition coefficient (Wildman–Crippen LogP) is 1.82. The van der Waals surface area contributed by atoms with Gasteiger partial charge in [0.2, 0.25) is 0 Å². The lowest BCUT2D eigenvalue weighted by molar-refractivity contribution is -0.187. The van der Waals surface area contributed by atoms with E-state index < -0.39 is 18.5 Å². The summed E-state index contributed by atoms with van der Waals surface area (Å²) in [7, 11) is 0. The Labute approximate surface area is 138 Å². The molecule has 5 atom stereocenters. The molecule has 132 valence electrons. The van der Waals surface area contributed by atoms with Crippen LogP contribution in [0, 0.1) is 0 Å². The Bertz CT molecular complexity index is 381. The van der Waals surface area contributed by atoms with Crippen LogP contribution in [0.5, 0.6) is 0 Å². The lowest BCUT2D eigenvalue weighted by atomic mass is 10.0. The minimum Gasteiger partial charge on any atom is -0.393 e. The molecule has 1 fully saturated rings. The van der Waals surface area contributed by atoms with Crippen LogP contribution in [0.25, 0.3) is 0 Å². The molecule has 1 saturated heterocycles. The van der Waals surface area contributed by atoms with Gasteiger partial charge in [0.1, 0.15) is 0 Å². The maximum absolute atomic E-state index is 9.70. The Balaban J connectivity index is 2.18. The van der Waals surface area contributed by atoms with Gasteiger partial charge >= 0.3 is 0 Å². The third kappa shape index (κ3) is 9.69.